The quantitative estimate of drug-likeness (QED) is 0.736. The molecule has 0 heterocycles. The summed E-state index contributed by atoms with van der Waals surface area (Å²) in [6.07, 6.45) is 0.833. The molecule has 0 bridgehead atoms. The van der Waals surface area contributed by atoms with E-state index in [0.717, 1.165) is 26.1 Å². The molecular formula is C9H16Cl2O3. The van der Waals surface area contributed by atoms with Gasteiger partial charge in [-0.3, -0.25) is 4.79 Å². The van der Waals surface area contributed by atoms with E-state index in [9.17, 15) is 4.79 Å². The molecule has 84 valence electrons. The van der Waals surface area contributed by atoms with Crippen LogP contribution in [0.25, 0.3) is 0 Å². The zero-order chi connectivity index (χ0) is 9.82. The smallest absolute Gasteiger partial charge is 0.150 e. The van der Waals surface area contributed by atoms with Crippen LogP contribution in [0.15, 0.2) is 30.3 Å². The Bertz CT molecular complexity index is 181. The number of halogens is 2. The van der Waals surface area contributed by atoms with Crippen LogP contribution in [-0.2, 0) is 0 Å². The van der Waals surface area contributed by atoms with Crippen LogP contribution in [0.3, 0.4) is 0 Å². The summed E-state index contributed by atoms with van der Waals surface area (Å²) in [5, 5.41) is 14.0. The molecule has 0 aliphatic rings. The summed E-state index contributed by atoms with van der Waals surface area (Å²) in [5.41, 5.74) is 0.729. The van der Waals surface area contributed by atoms with Gasteiger partial charge in [0.05, 0.1) is 0 Å². The maximum atomic E-state index is 10.0. The Hall–Kier alpha value is -0.610. The van der Waals surface area contributed by atoms with Crippen molar-refractivity contribution in [3.63, 3.8) is 0 Å². The molecule has 0 unspecified atom stereocenters. The number of aliphatic hydroxyl groups is 2. The Labute approximate surface area is 96.6 Å². The minimum absolute atomic E-state index is 0. The van der Waals surface area contributed by atoms with E-state index >= 15 is 0 Å². The molecule has 0 aromatic heterocycles. The topological polar surface area (TPSA) is 57.5 Å². The lowest BCUT2D eigenvalue weighted by molar-refractivity contribution is 0.112. The number of rotatable bonds is 1. The largest absolute Gasteiger partial charge is 0.400 e. The number of carbonyl (C=O) groups excluding carboxylic acids is 1. The Morgan fingerprint density at radius 3 is 1.50 bits per heavy atom. The molecule has 0 amide bonds. The highest BCUT2D eigenvalue weighted by molar-refractivity contribution is 5.85. The molecule has 3 nitrogen and oxygen atoms in total. The van der Waals surface area contributed by atoms with Crippen molar-refractivity contribution < 1.29 is 15.0 Å². The van der Waals surface area contributed by atoms with Crippen LogP contribution in [0.5, 0.6) is 0 Å². The molecule has 0 aliphatic heterocycles. The summed E-state index contributed by atoms with van der Waals surface area (Å²) in [4.78, 5) is 10.0. The summed E-state index contributed by atoms with van der Waals surface area (Å²) < 4.78 is 0. The lowest BCUT2D eigenvalue weighted by atomic mass is 10.2. The minimum atomic E-state index is 0. The molecule has 0 atom stereocenters. The van der Waals surface area contributed by atoms with Gasteiger partial charge in [0.15, 0.2) is 0 Å². The monoisotopic (exact) mass is 242 g/mol. The zero-order valence-electron chi connectivity index (χ0n) is 8.08. The second kappa shape index (κ2) is 22.8. The average molecular weight is 243 g/mol. The van der Waals surface area contributed by atoms with E-state index in [0.29, 0.717) is 0 Å². The number of carbonyl (C=O) groups is 1. The molecule has 0 spiro atoms. The highest BCUT2D eigenvalue weighted by atomic mass is 35.5. The molecule has 0 saturated heterocycles. The first kappa shape index (κ1) is 23.3. The first-order chi connectivity index (χ1) is 5.93. The minimum Gasteiger partial charge on any atom is -0.400 e. The Balaban J connectivity index is -0.0000000750. The van der Waals surface area contributed by atoms with Gasteiger partial charge in [-0.05, 0) is 0 Å². The second-order valence-corrected chi connectivity index (χ2v) is 1.53. The normalized spacial score (nSPS) is 5.71. The second-order valence-electron chi connectivity index (χ2n) is 1.53. The third-order valence-electron chi connectivity index (χ3n) is 0.936. The Morgan fingerprint density at radius 1 is 0.929 bits per heavy atom. The van der Waals surface area contributed by atoms with Crippen molar-refractivity contribution in [2.45, 2.75) is 0 Å². The van der Waals surface area contributed by atoms with Crippen LogP contribution in [0.4, 0.5) is 0 Å². The van der Waals surface area contributed by atoms with Crippen LogP contribution in [0.2, 0.25) is 0 Å². The number of hydrogen-bond donors (Lipinski definition) is 2. The fourth-order valence-electron chi connectivity index (χ4n) is 0.532. The molecule has 1 rings (SSSR count). The van der Waals surface area contributed by atoms with Gasteiger partial charge >= 0.3 is 0 Å². The molecule has 5 heteroatoms. The highest BCUT2D eigenvalue weighted by Crippen LogP contribution is 1.91. The van der Waals surface area contributed by atoms with Crippen molar-refractivity contribution in [2.24, 2.45) is 0 Å². The van der Waals surface area contributed by atoms with Gasteiger partial charge in [-0.15, -0.1) is 24.8 Å². The van der Waals surface area contributed by atoms with E-state index in [4.69, 9.17) is 10.2 Å². The maximum Gasteiger partial charge on any atom is 0.150 e. The summed E-state index contributed by atoms with van der Waals surface area (Å²) in [5.74, 6) is 0. The molecule has 0 saturated carbocycles. The van der Waals surface area contributed by atoms with Crippen LogP contribution in [0.1, 0.15) is 10.4 Å². The molecule has 2 N–H and O–H groups in total. The predicted octanol–water partition coefficient (Wildman–Crippen LogP) is 1.56. The SMILES string of the molecule is CO.CO.Cl.Cl.O=Cc1ccccc1. The first-order valence-corrected chi connectivity index (χ1v) is 3.33. The van der Waals surface area contributed by atoms with Gasteiger partial charge in [-0.2, -0.15) is 0 Å². The molecule has 0 aliphatic carbocycles. The van der Waals surface area contributed by atoms with Crippen molar-refractivity contribution in [3.05, 3.63) is 35.9 Å². The van der Waals surface area contributed by atoms with Crippen LogP contribution >= 0.6 is 24.8 Å². The van der Waals surface area contributed by atoms with Gasteiger partial charge in [0, 0.05) is 19.8 Å². The van der Waals surface area contributed by atoms with Gasteiger partial charge in [0.25, 0.3) is 0 Å². The third-order valence-corrected chi connectivity index (χ3v) is 0.936. The molecule has 0 fully saturated rings. The van der Waals surface area contributed by atoms with Crippen LogP contribution < -0.4 is 0 Å². The number of benzene rings is 1. The molecule has 1 aromatic rings. The maximum absolute atomic E-state index is 10.0. The van der Waals surface area contributed by atoms with Crippen molar-refractivity contribution >= 4 is 31.1 Å². The average Bonchev–Trinajstić information content (AvgIpc) is 2.25. The molecule has 1 aromatic carbocycles. The van der Waals surface area contributed by atoms with Crippen molar-refractivity contribution in [1.29, 1.82) is 0 Å². The van der Waals surface area contributed by atoms with Gasteiger partial charge in [0.1, 0.15) is 6.29 Å². The van der Waals surface area contributed by atoms with Gasteiger partial charge in [-0.25, -0.2) is 0 Å². The molecular weight excluding hydrogens is 227 g/mol. The van der Waals surface area contributed by atoms with Crippen molar-refractivity contribution in [1.82, 2.24) is 0 Å². The lowest BCUT2D eigenvalue weighted by Crippen LogP contribution is -1.73. The first-order valence-electron chi connectivity index (χ1n) is 3.33. The zero-order valence-corrected chi connectivity index (χ0v) is 9.72. The lowest BCUT2D eigenvalue weighted by Gasteiger charge is -1.81. The number of aliphatic hydroxyl groups excluding tert-OH is 2. The van der Waals surface area contributed by atoms with Crippen LogP contribution in [-0.4, -0.2) is 30.7 Å². The Morgan fingerprint density at radius 2 is 1.29 bits per heavy atom. The van der Waals surface area contributed by atoms with E-state index in [-0.39, 0.29) is 24.8 Å². The summed E-state index contributed by atoms with van der Waals surface area (Å²) in [6.45, 7) is 0. The van der Waals surface area contributed by atoms with E-state index in [2.05, 4.69) is 0 Å². The fourth-order valence-corrected chi connectivity index (χ4v) is 0.532. The van der Waals surface area contributed by atoms with E-state index in [1.165, 1.54) is 0 Å². The van der Waals surface area contributed by atoms with Gasteiger partial charge in [-0.1, -0.05) is 30.3 Å². The standard InChI is InChI=1S/C7H6O.2CH4O.2ClH/c8-6-7-4-2-1-3-5-7;2*1-2;;/h1-6H;2*2H,1H3;2*1H. The summed E-state index contributed by atoms with van der Waals surface area (Å²) in [6, 6.07) is 9.10. The van der Waals surface area contributed by atoms with Gasteiger partial charge in [0.2, 0.25) is 0 Å². The predicted molar refractivity (Wildman–Crippen MR) is 62.6 cm³/mol. The van der Waals surface area contributed by atoms with E-state index in [1.54, 1.807) is 12.1 Å². The molecule has 14 heavy (non-hydrogen) atoms. The summed E-state index contributed by atoms with van der Waals surface area (Å²) >= 11 is 0. The third kappa shape index (κ3) is 13.9. The van der Waals surface area contributed by atoms with Gasteiger partial charge < -0.3 is 10.2 Å². The van der Waals surface area contributed by atoms with Crippen LogP contribution in [0, 0.1) is 0 Å². The highest BCUT2D eigenvalue weighted by Gasteiger charge is 1.79. The van der Waals surface area contributed by atoms with E-state index < -0.39 is 0 Å². The summed E-state index contributed by atoms with van der Waals surface area (Å²) in [7, 11) is 2.00. The Kier molecular flexibility index (Phi) is 38.0. The van der Waals surface area contributed by atoms with E-state index in [1.807, 2.05) is 18.2 Å². The molecule has 0 radical (unpaired) electrons. The fraction of sp³-hybridized carbons (Fsp3) is 0.222. The number of hydrogen-bond acceptors (Lipinski definition) is 3. The van der Waals surface area contributed by atoms with Crippen molar-refractivity contribution in [2.75, 3.05) is 14.2 Å². The van der Waals surface area contributed by atoms with Crippen molar-refractivity contribution in [3.8, 4) is 0 Å². The number of aldehydes is 1.